The van der Waals surface area contributed by atoms with E-state index in [0.29, 0.717) is 29.3 Å². The van der Waals surface area contributed by atoms with Gasteiger partial charge in [-0.2, -0.15) is 0 Å². The number of benzene rings is 3. The van der Waals surface area contributed by atoms with E-state index in [1.165, 1.54) is 0 Å². The molecule has 2 atom stereocenters. The molecule has 0 radical (unpaired) electrons. The molecule has 1 N–H and O–H groups in total. The molecule has 0 amide bonds. The minimum atomic E-state index is -1.06. The maximum atomic E-state index is 14.1. The Hall–Kier alpha value is -4.45. The number of nitrogens with zero attached hydrogens (tertiary/aromatic N) is 3. The third-order valence-corrected chi connectivity index (χ3v) is 9.43. The Bertz CT molecular complexity index is 1850. The van der Waals surface area contributed by atoms with Gasteiger partial charge in [0.25, 0.3) is 0 Å². The molecule has 3 heterocycles. The van der Waals surface area contributed by atoms with Gasteiger partial charge in [-0.3, -0.25) is 4.79 Å². The second kappa shape index (κ2) is 10.7. The van der Waals surface area contributed by atoms with Gasteiger partial charge in [0.05, 0.1) is 29.1 Å². The Morgan fingerprint density at radius 3 is 2.00 bits per heavy atom. The summed E-state index contributed by atoms with van der Waals surface area (Å²) in [5.74, 6) is -0.670. The summed E-state index contributed by atoms with van der Waals surface area (Å²) in [5.41, 5.74) is 7.47. The normalized spacial score (nSPS) is 15.9. The third kappa shape index (κ3) is 4.18. The maximum Gasteiger partial charge on any atom is 0.185 e. The molecular weight excluding hydrogens is 554 g/mol. The SMILES string of the molecule is Cc1c2c(n3ccc(Cl)cc13)C(=O)C(C(O)c1ncn(C(c3ccccc3)(c3ccccc3)c3ccccc3)c1C)CC2. The van der Waals surface area contributed by atoms with E-state index in [0.717, 1.165) is 39.0 Å². The van der Waals surface area contributed by atoms with E-state index in [4.69, 9.17) is 16.6 Å². The van der Waals surface area contributed by atoms with Gasteiger partial charge in [-0.15, -0.1) is 0 Å². The topological polar surface area (TPSA) is 59.5 Å². The molecule has 0 saturated carbocycles. The Balaban J connectivity index is 1.37. The molecule has 0 aliphatic heterocycles. The molecule has 1 aliphatic rings. The molecule has 6 aromatic rings. The van der Waals surface area contributed by atoms with Crippen LogP contribution in [0.4, 0.5) is 0 Å². The second-order valence-corrected chi connectivity index (χ2v) is 11.8. The maximum absolute atomic E-state index is 14.1. The Morgan fingerprint density at radius 2 is 1.44 bits per heavy atom. The number of hydrogen-bond donors (Lipinski definition) is 1. The van der Waals surface area contributed by atoms with Crippen LogP contribution in [0.3, 0.4) is 0 Å². The monoisotopic (exact) mass is 585 g/mol. The van der Waals surface area contributed by atoms with Crippen molar-refractivity contribution in [3.05, 3.63) is 166 Å². The molecule has 3 aromatic heterocycles. The first-order valence-electron chi connectivity index (χ1n) is 14.6. The molecule has 214 valence electrons. The molecule has 0 spiro atoms. The highest BCUT2D eigenvalue weighted by molar-refractivity contribution is 6.31. The summed E-state index contributed by atoms with van der Waals surface area (Å²) in [6.07, 6.45) is 3.87. The number of carbonyl (C=O) groups excluding carboxylic acids is 1. The van der Waals surface area contributed by atoms with Gasteiger partial charge in [-0.25, -0.2) is 4.98 Å². The Kier molecular flexibility index (Phi) is 6.80. The number of aryl methyl sites for hydroxylation is 1. The zero-order valence-corrected chi connectivity index (χ0v) is 24.9. The highest BCUT2D eigenvalue weighted by Crippen LogP contribution is 2.44. The number of Topliss-reactive ketones (excluding diaryl/α,β-unsaturated/α-hetero) is 1. The van der Waals surface area contributed by atoms with Crippen molar-refractivity contribution in [2.75, 3.05) is 0 Å². The van der Waals surface area contributed by atoms with E-state index in [1.54, 1.807) is 6.07 Å². The molecule has 6 heteroatoms. The van der Waals surface area contributed by atoms with Crippen LogP contribution in [-0.4, -0.2) is 24.8 Å². The van der Waals surface area contributed by atoms with E-state index in [-0.39, 0.29) is 5.78 Å². The summed E-state index contributed by atoms with van der Waals surface area (Å²) < 4.78 is 4.08. The predicted octanol–water partition coefficient (Wildman–Crippen LogP) is 7.72. The van der Waals surface area contributed by atoms with Crippen LogP contribution < -0.4 is 0 Å². The molecule has 7 rings (SSSR count). The molecular formula is C37H32ClN3O2. The molecule has 5 nitrogen and oxygen atoms in total. The second-order valence-electron chi connectivity index (χ2n) is 11.4. The van der Waals surface area contributed by atoms with E-state index in [9.17, 15) is 9.90 Å². The van der Waals surface area contributed by atoms with Crippen molar-refractivity contribution in [3.63, 3.8) is 0 Å². The number of aliphatic hydroxyl groups excluding tert-OH is 1. The lowest BCUT2D eigenvalue weighted by Crippen LogP contribution is -2.38. The van der Waals surface area contributed by atoms with Gasteiger partial charge in [0.2, 0.25) is 0 Å². The minimum absolute atomic E-state index is 0.0615. The van der Waals surface area contributed by atoms with E-state index >= 15 is 0 Å². The summed E-state index contributed by atoms with van der Waals surface area (Å²) in [6, 6.07) is 34.8. The van der Waals surface area contributed by atoms with Gasteiger partial charge in [-0.05, 0) is 66.6 Å². The van der Waals surface area contributed by atoms with Crippen molar-refractivity contribution in [3.8, 4) is 0 Å². The summed E-state index contributed by atoms with van der Waals surface area (Å²) in [7, 11) is 0. The molecule has 1 aliphatic carbocycles. The molecule has 43 heavy (non-hydrogen) atoms. The van der Waals surface area contributed by atoms with Crippen LogP contribution in [0.25, 0.3) is 5.52 Å². The number of hydrogen-bond acceptors (Lipinski definition) is 3. The van der Waals surface area contributed by atoms with Crippen LogP contribution in [0.5, 0.6) is 0 Å². The number of rotatable bonds is 6. The van der Waals surface area contributed by atoms with Crippen LogP contribution in [0.2, 0.25) is 5.02 Å². The number of aliphatic hydroxyl groups is 1. The standard InChI is InChI=1S/C37H32ClN3O2/c1-24-30-18-19-31(36(43)34(30)40-21-20-29(38)22-32(24)40)35(42)33-25(2)41(23-39-33)37(26-12-6-3-7-13-26,27-14-8-4-9-15-27)28-16-10-5-11-17-28/h3-17,20-23,31,35,42H,18-19H2,1-2H3. The lowest BCUT2D eigenvalue weighted by molar-refractivity contribution is 0.0617. The van der Waals surface area contributed by atoms with Crippen LogP contribution in [0.15, 0.2) is 116 Å². The summed E-state index contributed by atoms with van der Waals surface area (Å²) in [4.78, 5) is 18.9. The van der Waals surface area contributed by atoms with Gasteiger partial charge < -0.3 is 14.1 Å². The number of pyridine rings is 1. The molecule has 0 fully saturated rings. The third-order valence-electron chi connectivity index (χ3n) is 9.20. The average Bonchev–Trinajstić information content (AvgIpc) is 3.56. The fourth-order valence-electron chi connectivity index (χ4n) is 7.11. The van der Waals surface area contributed by atoms with Gasteiger partial charge in [0, 0.05) is 16.9 Å². The highest BCUT2D eigenvalue weighted by Gasteiger charge is 2.42. The molecule has 2 unspecified atom stereocenters. The van der Waals surface area contributed by atoms with Crippen LogP contribution in [0.1, 0.15) is 62.2 Å². The first-order valence-corrected chi connectivity index (χ1v) is 15.0. The summed E-state index contributed by atoms with van der Waals surface area (Å²) >= 11 is 6.29. The quantitative estimate of drug-likeness (QED) is 0.204. The van der Waals surface area contributed by atoms with Crippen molar-refractivity contribution < 1.29 is 9.90 Å². The molecule has 0 saturated heterocycles. The Labute approximate surface area is 256 Å². The van der Waals surface area contributed by atoms with Crippen LogP contribution in [-0.2, 0) is 12.0 Å². The zero-order valence-electron chi connectivity index (χ0n) is 24.1. The fourth-order valence-corrected chi connectivity index (χ4v) is 7.27. The van der Waals surface area contributed by atoms with Crippen LogP contribution >= 0.6 is 11.6 Å². The first-order chi connectivity index (χ1) is 20.9. The first kappa shape index (κ1) is 27.4. The number of aromatic nitrogens is 3. The number of ketones is 1. The van der Waals surface area contributed by atoms with Crippen molar-refractivity contribution in [1.82, 2.24) is 14.0 Å². The molecule has 3 aromatic carbocycles. The van der Waals surface area contributed by atoms with Gasteiger partial charge in [0.15, 0.2) is 5.78 Å². The average molecular weight is 586 g/mol. The van der Waals surface area contributed by atoms with Crippen molar-refractivity contribution in [2.24, 2.45) is 5.92 Å². The number of carbonyl (C=O) groups is 1. The van der Waals surface area contributed by atoms with Crippen molar-refractivity contribution >= 4 is 22.9 Å². The van der Waals surface area contributed by atoms with Crippen molar-refractivity contribution in [2.45, 2.75) is 38.3 Å². The van der Waals surface area contributed by atoms with E-state index < -0.39 is 17.6 Å². The number of halogens is 1. The lowest BCUT2D eigenvalue weighted by Gasteiger charge is -2.38. The van der Waals surface area contributed by atoms with E-state index in [2.05, 4.69) is 41.0 Å². The highest BCUT2D eigenvalue weighted by atomic mass is 35.5. The zero-order chi connectivity index (χ0) is 29.7. The summed E-state index contributed by atoms with van der Waals surface area (Å²) in [6.45, 7) is 4.03. The predicted molar refractivity (Wildman–Crippen MR) is 170 cm³/mol. The van der Waals surface area contributed by atoms with Crippen molar-refractivity contribution in [1.29, 1.82) is 0 Å². The van der Waals surface area contributed by atoms with Gasteiger partial charge in [-0.1, -0.05) is 103 Å². The minimum Gasteiger partial charge on any atom is -0.386 e. The fraction of sp³-hybridized carbons (Fsp3) is 0.189. The van der Waals surface area contributed by atoms with Gasteiger partial charge in [0.1, 0.15) is 11.6 Å². The Morgan fingerprint density at radius 1 is 0.884 bits per heavy atom. The van der Waals surface area contributed by atoms with E-state index in [1.807, 2.05) is 91.4 Å². The largest absolute Gasteiger partial charge is 0.386 e. The summed E-state index contributed by atoms with van der Waals surface area (Å²) in [5, 5.41) is 12.5. The number of imidazole rings is 1. The number of fused-ring (bicyclic) bond motifs is 3. The van der Waals surface area contributed by atoms with Crippen LogP contribution in [0, 0.1) is 19.8 Å². The van der Waals surface area contributed by atoms with Gasteiger partial charge >= 0.3 is 0 Å². The molecule has 0 bridgehead atoms. The smallest absolute Gasteiger partial charge is 0.185 e. The lowest BCUT2D eigenvalue weighted by atomic mass is 9.76.